The molecule has 0 spiro atoms. The average molecular weight is 487 g/mol. The third kappa shape index (κ3) is 7.45. The number of piperazine rings is 1. The summed E-state index contributed by atoms with van der Waals surface area (Å²) in [5.41, 5.74) is 4.40. The van der Waals surface area contributed by atoms with Crippen LogP contribution in [0.5, 0.6) is 5.75 Å². The molecule has 34 heavy (non-hydrogen) atoms. The Morgan fingerprint density at radius 2 is 1.71 bits per heavy atom. The molecule has 1 N–H and O–H groups in total. The van der Waals surface area contributed by atoms with Gasteiger partial charge in [0.25, 0.3) is 11.8 Å². The molecule has 0 unspecified atom stereocenters. The topological polar surface area (TPSA) is 65.1 Å². The first-order chi connectivity index (χ1) is 16.2. The van der Waals surface area contributed by atoms with Crippen molar-refractivity contribution in [2.75, 3.05) is 60.0 Å². The number of nitrogens with one attached hydrogen (secondary N) is 1. The molecule has 0 bridgehead atoms. The molecule has 1 fully saturated rings. The van der Waals surface area contributed by atoms with E-state index in [9.17, 15) is 9.59 Å². The van der Waals surface area contributed by atoms with Gasteiger partial charge in [0.05, 0.1) is 5.56 Å². The van der Waals surface area contributed by atoms with E-state index >= 15 is 0 Å². The highest BCUT2D eigenvalue weighted by molar-refractivity contribution is 6.30. The van der Waals surface area contributed by atoms with Gasteiger partial charge in [0.2, 0.25) is 0 Å². The Balaban J connectivity index is 1.44. The van der Waals surface area contributed by atoms with E-state index in [2.05, 4.69) is 47.2 Å². The van der Waals surface area contributed by atoms with Crippen molar-refractivity contribution in [2.24, 2.45) is 0 Å². The molecule has 7 nitrogen and oxygen atoms in total. The standard InChI is InChI=1S/C26H35ClN4O3/c1-19-5-6-21(15-20(19)2)17-31-13-11-30(12-14-31)10-9-28-26(33)23-8-7-22(27)16-24(23)34-18-25(32)29(3)4/h5-8,15-16H,9-14,17-18H2,1-4H3,(H,28,33). The highest BCUT2D eigenvalue weighted by Gasteiger charge is 2.18. The number of benzene rings is 2. The number of rotatable bonds is 9. The summed E-state index contributed by atoms with van der Waals surface area (Å²) < 4.78 is 5.58. The number of carbonyl (C=O) groups excluding carboxylic acids is 2. The summed E-state index contributed by atoms with van der Waals surface area (Å²) >= 11 is 6.06. The fraction of sp³-hybridized carbons (Fsp3) is 0.462. The number of hydrogen-bond acceptors (Lipinski definition) is 5. The molecule has 0 aromatic heterocycles. The maximum absolute atomic E-state index is 12.7. The summed E-state index contributed by atoms with van der Waals surface area (Å²) in [5, 5.41) is 3.41. The Morgan fingerprint density at radius 3 is 2.38 bits per heavy atom. The van der Waals surface area contributed by atoms with E-state index in [1.54, 1.807) is 32.3 Å². The molecule has 8 heteroatoms. The fourth-order valence-electron chi connectivity index (χ4n) is 3.83. The minimum atomic E-state index is -0.239. The Hall–Kier alpha value is -2.61. The number of carbonyl (C=O) groups is 2. The van der Waals surface area contributed by atoms with Gasteiger partial charge >= 0.3 is 0 Å². The van der Waals surface area contributed by atoms with Crippen LogP contribution in [0.4, 0.5) is 0 Å². The van der Waals surface area contributed by atoms with E-state index in [-0.39, 0.29) is 18.4 Å². The number of aryl methyl sites for hydroxylation is 2. The van der Waals surface area contributed by atoms with Crippen LogP contribution < -0.4 is 10.1 Å². The van der Waals surface area contributed by atoms with Gasteiger partial charge in [-0.25, -0.2) is 0 Å². The van der Waals surface area contributed by atoms with Crippen molar-refractivity contribution in [3.63, 3.8) is 0 Å². The predicted octanol–water partition coefficient (Wildman–Crippen LogP) is 2.97. The van der Waals surface area contributed by atoms with E-state index in [1.165, 1.54) is 21.6 Å². The maximum atomic E-state index is 12.7. The van der Waals surface area contributed by atoms with Crippen molar-refractivity contribution in [2.45, 2.75) is 20.4 Å². The first-order valence-electron chi connectivity index (χ1n) is 11.6. The lowest BCUT2D eigenvalue weighted by Crippen LogP contribution is -2.48. The van der Waals surface area contributed by atoms with Gasteiger partial charge < -0.3 is 15.0 Å². The Labute approximate surface area is 207 Å². The minimum Gasteiger partial charge on any atom is -0.483 e. The molecule has 1 saturated heterocycles. The highest BCUT2D eigenvalue weighted by Crippen LogP contribution is 2.23. The Morgan fingerprint density at radius 1 is 1.00 bits per heavy atom. The second kappa shape index (κ2) is 12.2. The smallest absolute Gasteiger partial charge is 0.259 e. The van der Waals surface area contributed by atoms with E-state index in [0.717, 1.165) is 39.3 Å². The van der Waals surface area contributed by atoms with Gasteiger partial charge in [-0.15, -0.1) is 0 Å². The van der Waals surface area contributed by atoms with Gasteiger partial charge in [-0.1, -0.05) is 29.8 Å². The molecule has 184 valence electrons. The van der Waals surface area contributed by atoms with E-state index in [0.29, 0.717) is 22.9 Å². The number of ether oxygens (including phenoxy) is 1. The first kappa shape index (κ1) is 26.0. The maximum Gasteiger partial charge on any atom is 0.259 e. The summed E-state index contributed by atoms with van der Waals surface area (Å²) in [4.78, 5) is 30.9. The monoisotopic (exact) mass is 486 g/mol. The summed E-state index contributed by atoms with van der Waals surface area (Å²) in [6.45, 7) is 10.4. The third-order valence-electron chi connectivity index (χ3n) is 6.19. The van der Waals surface area contributed by atoms with Crippen molar-refractivity contribution in [1.82, 2.24) is 20.0 Å². The molecule has 2 aromatic rings. The van der Waals surface area contributed by atoms with Crippen LogP contribution in [-0.4, -0.2) is 86.5 Å². The lowest BCUT2D eigenvalue weighted by atomic mass is 10.1. The average Bonchev–Trinajstić information content (AvgIpc) is 2.81. The second-order valence-corrected chi connectivity index (χ2v) is 9.45. The lowest BCUT2D eigenvalue weighted by Gasteiger charge is -2.34. The van der Waals surface area contributed by atoms with Crippen LogP contribution in [0.15, 0.2) is 36.4 Å². The first-order valence-corrected chi connectivity index (χ1v) is 12.0. The number of halogens is 1. The van der Waals surface area contributed by atoms with Crippen LogP contribution in [0, 0.1) is 13.8 Å². The molecule has 3 rings (SSSR count). The summed E-state index contributed by atoms with van der Waals surface area (Å²) in [6, 6.07) is 11.5. The van der Waals surface area contributed by atoms with Crippen molar-refractivity contribution >= 4 is 23.4 Å². The van der Waals surface area contributed by atoms with Crippen LogP contribution in [0.3, 0.4) is 0 Å². The highest BCUT2D eigenvalue weighted by atomic mass is 35.5. The fourth-order valence-corrected chi connectivity index (χ4v) is 3.99. The largest absolute Gasteiger partial charge is 0.483 e. The SMILES string of the molecule is Cc1ccc(CN2CCN(CCNC(=O)c3ccc(Cl)cc3OCC(=O)N(C)C)CC2)cc1C. The zero-order valence-corrected chi connectivity index (χ0v) is 21.3. The Kier molecular flexibility index (Phi) is 9.33. The van der Waals surface area contributed by atoms with Crippen molar-refractivity contribution in [3.05, 3.63) is 63.7 Å². The van der Waals surface area contributed by atoms with E-state index in [1.807, 2.05) is 0 Å². The normalized spacial score (nSPS) is 14.6. The predicted molar refractivity (Wildman–Crippen MR) is 136 cm³/mol. The van der Waals surface area contributed by atoms with Gasteiger partial charge in [-0.2, -0.15) is 0 Å². The summed E-state index contributed by atoms with van der Waals surface area (Å²) in [5.74, 6) is -0.125. The number of likely N-dealkylation sites (N-methyl/N-ethyl adjacent to an activating group) is 1. The third-order valence-corrected chi connectivity index (χ3v) is 6.43. The molecular formula is C26H35ClN4O3. The van der Waals surface area contributed by atoms with Crippen LogP contribution in [0.25, 0.3) is 0 Å². The Bertz CT molecular complexity index is 1000. The molecule has 0 radical (unpaired) electrons. The lowest BCUT2D eigenvalue weighted by molar-refractivity contribution is -0.130. The molecule has 1 heterocycles. The molecule has 0 saturated carbocycles. The van der Waals surface area contributed by atoms with Crippen LogP contribution in [0.1, 0.15) is 27.0 Å². The molecule has 1 aliphatic heterocycles. The number of nitrogens with zero attached hydrogens (tertiary/aromatic N) is 3. The molecule has 2 amide bonds. The zero-order valence-electron chi connectivity index (χ0n) is 20.6. The van der Waals surface area contributed by atoms with Gasteiger partial charge in [0.15, 0.2) is 6.61 Å². The van der Waals surface area contributed by atoms with E-state index < -0.39 is 0 Å². The van der Waals surface area contributed by atoms with Gasteiger partial charge in [-0.3, -0.25) is 19.4 Å². The van der Waals surface area contributed by atoms with Gasteiger partial charge in [0, 0.05) is 64.9 Å². The van der Waals surface area contributed by atoms with Crippen molar-refractivity contribution in [3.8, 4) is 5.75 Å². The molecule has 0 aliphatic carbocycles. The van der Waals surface area contributed by atoms with Crippen LogP contribution >= 0.6 is 11.6 Å². The quantitative estimate of drug-likeness (QED) is 0.590. The van der Waals surface area contributed by atoms with Gasteiger partial charge in [0.1, 0.15) is 5.75 Å². The van der Waals surface area contributed by atoms with E-state index in [4.69, 9.17) is 16.3 Å². The zero-order chi connectivity index (χ0) is 24.7. The second-order valence-electron chi connectivity index (χ2n) is 9.01. The molecule has 1 aliphatic rings. The molecular weight excluding hydrogens is 452 g/mol. The van der Waals surface area contributed by atoms with Crippen molar-refractivity contribution in [1.29, 1.82) is 0 Å². The summed E-state index contributed by atoms with van der Waals surface area (Å²) in [6.07, 6.45) is 0. The van der Waals surface area contributed by atoms with Crippen LogP contribution in [-0.2, 0) is 11.3 Å². The van der Waals surface area contributed by atoms with Crippen LogP contribution in [0.2, 0.25) is 5.02 Å². The summed E-state index contributed by atoms with van der Waals surface area (Å²) in [7, 11) is 3.31. The minimum absolute atomic E-state index is 0.153. The number of amides is 2. The van der Waals surface area contributed by atoms with Gasteiger partial charge in [-0.05, 0) is 48.7 Å². The van der Waals surface area contributed by atoms with Crippen molar-refractivity contribution < 1.29 is 14.3 Å². The number of hydrogen-bond donors (Lipinski definition) is 1. The molecule has 0 atom stereocenters. The molecule has 2 aromatic carbocycles.